The van der Waals surface area contributed by atoms with Crippen molar-refractivity contribution in [2.75, 3.05) is 0 Å². The molecule has 1 aliphatic heterocycles. The van der Waals surface area contributed by atoms with E-state index < -0.39 is 0 Å². The Morgan fingerprint density at radius 1 is 0.893 bits per heavy atom. The van der Waals surface area contributed by atoms with E-state index in [2.05, 4.69) is 29.0 Å². The minimum atomic E-state index is 0.536. The van der Waals surface area contributed by atoms with Crippen LogP contribution in [0.1, 0.15) is 16.8 Å². The van der Waals surface area contributed by atoms with E-state index in [4.69, 9.17) is 15.0 Å². The van der Waals surface area contributed by atoms with Gasteiger partial charge in [-0.05, 0) is 37.3 Å². The van der Waals surface area contributed by atoms with Crippen molar-refractivity contribution in [3.63, 3.8) is 0 Å². The van der Waals surface area contributed by atoms with E-state index in [1.165, 1.54) is 11.3 Å². The predicted octanol–water partition coefficient (Wildman–Crippen LogP) is 4.98. The SMILES string of the molecule is Cc1cccc(C2=N/C(=N/c3nc4ccccc4s3)C(c3ccccn3)=N2)c1. The van der Waals surface area contributed by atoms with Gasteiger partial charge in [0.25, 0.3) is 0 Å². The maximum Gasteiger partial charge on any atom is 0.212 e. The first-order valence-electron chi connectivity index (χ1n) is 8.87. The Kier molecular flexibility index (Phi) is 4.10. The molecule has 0 bridgehead atoms. The number of aliphatic imine (C=N–C) groups is 3. The van der Waals surface area contributed by atoms with Crippen LogP contribution in [-0.2, 0) is 0 Å². The number of hydrogen-bond donors (Lipinski definition) is 0. The number of amidine groups is 2. The molecular weight excluding hydrogens is 366 g/mol. The molecule has 2 aromatic heterocycles. The van der Waals surface area contributed by atoms with E-state index in [-0.39, 0.29) is 0 Å². The molecular formula is C22H15N5S. The lowest BCUT2D eigenvalue weighted by molar-refractivity contribution is 1.29. The van der Waals surface area contributed by atoms with Crippen molar-refractivity contribution >= 4 is 44.1 Å². The fourth-order valence-electron chi connectivity index (χ4n) is 3.00. The Balaban J connectivity index is 1.63. The van der Waals surface area contributed by atoms with Crippen molar-refractivity contribution in [2.45, 2.75) is 6.92 Å². The second kappa shape index (κ2) is 6.90. The number of rotatable bonds is 3. The molecule has 4 aromatic rings. The first-order chi connectivity index (χ1) is 13.8. The van der Waals surface area contributed by atoms with Crippen LogP contribution in [0, 0.1) is 6.92 Å². The van der Waals surface area contributed by atoms with Crippen LogP contribution in [-0.4, -0.2) is 27.4 Å². The van der Waals surface area contributed by atoms with Crippen LogP contribution in [0.4, 0.5) is 5.13 Å². The molecule has 0 fully saturated rings. The van der Waals surface area contributed by atoms with Gasteiger partial charge < -0.3 is 0 Å². The molecule has 2 aromatic carbocycles. The normalized spacial score (nSPS) is 15.1. The van der Waals surface area contributed by atoms with Crippen molar-refractivity contribution < 1.29 is 0 Å². The molecule has 5 nitrogen and oxygen atoms in total. The molecule has 0 radical (unpaired) electrons. The monoisotopic (exact) mass is 381 g/mol. The van der Waals surface area contributed by atoms with Gasteiger partial charge in [0.15, 0.2) is 11.7 Å². The van der Waals surface area contributed by atoms with Crippen LogP contribution in [0.2, 0.25) is 0 Å². The summed E-state index contributed by atoms with van der Waals surface area (Å²) in [5.74, 6) is 1.18. The molecule has 28 heavy (non-hydrogen) atoms. The standard InChI is InChI=1S/C22H15N5S/c1-14-7-6-8-15(13-14)20-25-19(17-10-4-5-12-23-17)21(26-20)27-22-24-16-9-2-3-11-18(16)28-22/h2-13H,1H3/b27-21+. The number of para-hydroxylation sites is 1. The third-order valence-electron chi connectivity index (χ3n) is 4.31. The minimum absolute atomic E-state index is 0.536. The lowest BCUT2D eigenvalue weighted by atomic mass is 10.1. The summed E-state index contributed by atoms with van der Waals surface area (Å²) in [5.41, 5.74) is 4.46. The molecule has 0 spiro atoms. The maximum absolute atomic E-state index is 4.75. The molecule has 0 atom stereocenters. The zero-order valence-electron chi connectivity index (χ0n) is 15.1. The number of nitrogens with zero attached hydrogens (tertiary/aromatic N) is 5. The summed E-state index contributed by atoms with van der Waals surface area (Å²) in [5, 5.41) is 0.661. The number of aromatic nitrogens is 2. The molecule has 0 unspecified atom stereocenters. The number of thiazole rings is 1. The van der Waals surface area contributed by atoms with Gasteiger partial charge in [0.05, 0.1) is 15.9 Å². The number of hydrogen-bond acceptors (Lipinski definition) is 5. The molecule has 5 rings (SSSR count). The average molecular weight is 381 g/mol. The van der Waals surface area contributed by atoms with Gasteiger partial charge in [0, 0.05) is 11.8 Å². The van der Waals surface area contributed by atoms with Gasteiger partial charge in [0.1, 0.15) is 5.71 Å². The molecule has 0 saturated carbocycles. The fourth-order valence-corrected chi connectivity index (χ4v) is 3.84. The highest BCUT2D eigenvalue weighted by Gasteiger charge is 2.22. The topological polar surface area (TPSA) is 62.9 Å². The Labute approximate surface area is 165 Å². The van der Waals surface area contributed by atoms with Gasteiger partial charge in [-0.2, -0.15) is 4.99 Å². The molecule has 3 heterocycles. The minimum Gasteiger partial charge on any atom is -0.254 e. The van der Waals surface area contributed by atoms with Gasteiger partial charge in [-0.25, -0.2) is 15.0 Å². The highest BCUT2D eigenvalue weighted by Crippen LogP contribution is 2.28. The molecule has 6 heteroatoms. The van der Waals surface area contributed by atoms with E-state index in [1.54, 1.807) is 6.20 Å². The first kappa shape index (κ1) is 16.6. The molecule has 0 aliphatic carbocycles. The van der Waals surface area contributed by atoms with Crippen molar-refractivity contribution in [2.24, 2.45) is 15.0 Å². The predicted molar refractivity (Wildman–Crippen MR) is 115 cm³/mol. The maximum atomic E-state index is 4.75. The fraction of sp³-hybridized carbons (Fsp3) is 0.0455. The Morgan fingerprint density at radius 3 is 2.61 bits per heavy atom. The molecule has 1 aliphatic rings. The Bertz CT molecular complexity index is 1240. The molecule has 0 N–H and O–H groups in total. The summed E-state index contributed by atoms with van der Waals surface area (Å²) < 4.78 is 1.10. The number of benzene rings is 2. The van der Waals surface area contributed by atoms with Crippen LogP contribution < -0.4 is 0 Å². The van der Waals surface area contributed by atoms with Crippen LogP contribution in [0.15, 0.2) is 87.9 Å². The molecule has 0 saturated heterocycles. The van der Waals surface area contributed by atoms with E-state index in [9.17, 15) is 0 Å². The van der Waals surface area contributed by atoms with E-state index in [0.29, 0.717) is 22.5 Å². The second-order valence-corrected chi connectivity index (χ2v) is 7.39. The third kappa shape index (κ3) is 3.14. The van der Waals surface area contributed by atoms with E-state index in [0.717, 1.165) is 27.0 Å². The summed E-state index contributed by atoms with van der Waals surface area (Å²) >= 11 is 1.54. The number of pyridine rings is 1. The van der Waals surface area contributed by atoms with Crippen molar-refractivity contribution in [1.82, 2.24) is 9.97 Å². The van der Waals surface area contributed by atoms with Crippen LogP contribution in [0.25, 0.3) is 10.2 Å². The summed E-state index contributed by atoms with van der Waals surface area (Å²) in [6.45, 7) is 2.05. The Morgan fingerprint density at radius 2 is 1.79 bits per heavy atom. The van der Waals surface area contributed by atoms with Crippen LogP contribution >= 0.6 is 11.3 Å². The van der Waals surface area contributed by atoms with Crippen molar-refractivity contribution in [3.05, 3.63) is 89.7 Å². The lowest BCUT2D eigenvalue weighted by Gasteiger charge is -1.99. The zero-order chi connectivity index (χ0) is 18.9. The summed E-state index contributed by atoms with van der Waals surface area (Å²) in [4.78, 5) is 23.2. The quantitative estimate of drug-likeness (QED) is 0.502. The summed E-state index contributed by atoms with van der Waals surface area (Å²) in [6.07, 6.45) is 1.75. The second-order valence-electron chi connectivity index (χ2n) is 6.38. The number of aryl methyl sites for hydroxylation is 1. The number of fused-ring (bicyclic) bond motifs is 1. The van der Waals surface area contributed by atoms with E-state index >= 15 is 0 Å². The molecule has 0 amide bonds. The van der Waals surface area contributed by atoms with Crippen LogP contribution in [0.3, 0.4) is 0 Å². The highest BCUT2D eigenvalue weighted by atomic mass is 32.1. The van der Waals surface area contributed by atoms with Crippen LogP contribution in [0.5, 0.6) is 0 Å². The average Bonchev–Trinajstić information content (AvgIpc) is 3.32. The van der Waals surface area contributed by atoms with Crippen molar-refractivity contribution in [3.8, 4) is 0 Å². The van der Waals surface area contributed by atoms with Gasteiger partial charge >= 0.3 is 0 Å². The summed E-state index contributed by atoms with van der Waals surface area (Å²) in [6, 6.07) is 21.9. The molecule has 134 valence electrons. The van der Waals surface area contributed by atoms with Crippen molar-refractivity contribution in [1.29, 1.82) is 0 Å². The third-order valence-corrected chi connectivity index (χ3v) is 5.24. The van der Waals surface area contributed by atoms with Gasteiger partial charge in [-0.15, -0.1) is 0 Å². The highest BCUT2D eigenvalue weighted by molar-refractivity contribution is 7.22. The largest absolute Gasteiger partial charge is 0.254 e. The summed E-state index contributed by atoms with van der Waals surface area (Å²) in [7, 11) is 0. The Hall–Kier alpha value is -3.51. The zero-order valence-corrected chi connectivity index (χ0v) is 15.9. The lowest BCUT2D eigenvalue weighted by Crippen LogP contribution is -2.11. The van der Waals surface area contributed by atoms with Gasteiger partial charge in [0.2, 0.25) is 5.13 Å². The smallest absolute Gasteiger partial charge is 0.212 e. The van der Waals surface area contributed by atoms with Gasteiger partial charge in [-0.3, -0.25) is 4.98 Å². The van der Waals surface area contributed by atoms with E-state index in [1.807, 2.05) is 54.6 Å². The van der Waals surface area contributed by atoms with Gasteiger partial charge in [-0.1, -0.05) is 53.3 Å². The first-order valence-corrected chi connectivity index (χ1v) is 9.68.